The number of hydrogen-bond donors (Lipinski definition) is 5. The molecule has 0 spiro atoms. The average molecular weight is 449 g/mol. The molecule has 0 bridgehead atoms. The van der Waals surface area contributed by atoms with Gasteiger partial charge in [0.15, 0.2) is 11.5 Å². The summed E-state index contributed by atoms with van der Waals surface area (Å²) in [5, 5.41) is 38.4. The molecule has 2 aromatic rings. The van der Waals surface area contributed by atoms with E-state index in [9.17, 15) is 10.2 Å². The van der Waals surface area contributed by atoms with E-state index in [1.54, 1.807) is 25.3 Å². The van der Waals surface area contributed by atoms with E-state index in [1.165, 1.54) is 0 Å². The van der Waals surface area contributed by atoms with E-state index >= 15 is 0 Å². The minimum atomic E-state index is -1.82. The van der Waals surface area contributed by atoms with Gasteiger partial charge >= 0.3 is 11.9 Å². The zero-order valence-corrected chi connectivity index (χ0v) is 17.8. The number of aliphatic hydroxyl groups excluding tert-OH is 1. The van der Waals surface area contributed by atoms with Crippen LogP contribution in [-0.2, 0) is 27.4 Å². The predicted molar refractivity (Wildman–Crippen MR) is 113 cm³/mol. The number of phenols is 1. The van der Waals surface area contributed by atoms with E-state index < -0.39 is 18.0 Å². The SMILES string of the molecule is COCc1cc(C(O)CNC(C)Cc2ccc3c(c2)OCO3)ccc1O.O=C(O)C(=O)O. The first-order chi connectivity index (χ1) is 15.2. The largest absolute Gasteiger partial charge is 0.508 e. The molecule has 0 amide bonds. The summed E-state index contributed by atoms with van der Waals surface area (Å²) in [4.78, 5) is 18.2. The second-order valence-corrected chi connectivity index (χ2v) is 7.15. The summed E-state index contributed by atoms with van der Waals surface area (Å²) in [7, 11) is 1.57. The van der Waals surface area contributed by atoms with Gasteiger partial charge in [-0.25, -0.2) is 9.59 Å². The fourth-order valence-corrected chi connectivity index (χ4v) is 3.01. The first-order valence-electron chi connectivity index (χ1n) is 9.78. The van der Waals surface area contributed by atoms with Crippen molar-refractivity contribution in [3.05, 3.63) is 53.1 Å². The van der Waals surface area contributed by atoms with Crippen LogP contribution in [-0.4, -0.2) is 58.9 Å². The number of fused-ring (bicyclic) bond motifs is 1. The van der Waals surface area contributed by atoms with Crippen LogP contribution in [0.3, 0.4) is 0 Å². The van der Waals surface area contributed by atoms with Crippen molar-refractivity contribution in [2.45, 2.75) is 32.1 Å². The zero-order valence-electron chi connectivity index (χ0n) is 17.8. The molecule has 10 nitrogen and oxygen atoms in total. The molecule has 1 aliphatic heterocycles. The van der Waals surface area contributed by atoms with E-state index in [4.69, 9.17) is 34.0 Å². The standard InChI is InChI=1S/C20H25NO5.C2H2O4/c1-13(7-14-3-6-19-20(8-14)26-12-25-19)21-10-18(23)15-4-5-17(22)16(9-15)11-24-2;3-1(4)2(5)6/h3-6,8-9,13,18,21-23H,7,10-12H2,1-2H3;(H,3,4)(H,5,6). The third-order valence-corrected chi connectivity index (χ3v) is 4.61. The van der Waals surface area contributed by atoms with Gasteiger partial charge in [0.2, 0.25) is 6.79 Å². The average Bonchev–Trinajstić information content (AvgIpc) is 3.22. The molecule has 3 rings (SSSR count). The van der Waals surface area contributed by atoms with Gasteiger partial charge in [0.1, 0.15) is 5.75 Å². The van der Waals surface area contributed by atoms with Gasteiger partial charge in [0, 0.05) is 25.3 Å². The number of hydrogen-bond acceptors (Lipinski definition) is 8. The molecule has 5 N–H and O–H groups in total. The number of phenolic OH excluding ortho intramolecular Hbond substituents is 1. The number of aliphatic hydroxyl groups is 1. The summed E-state index contributed by atoms with van der Waals surface area (Å²) >= 11 is 0. The lowest BCUT2D eigenvalue weighted by molar-refractivity contribution is -0.159. The van der Waals surface area contributed by atoms with Crippen molar-refractivity contribution in [3.63, 3.8) is 0 Å². The van der Waals surface area contributed by atoms with Crippen LogP contribution in [0.2, 0.25) is 0 Å². The number of rotatable bonds is 8. The molecule has 2 aromatic carbocycles. The number of benzene rings is 2. The molecule has 0 aliphatic carbocycles. The van der Waals surface area contributed by atoms with Gasteiger partial charge in [-0.3, -0.25) is 0 Å². The predicted octanol–water partition coefficient (Wildman–Crippen LogP) is 1.68. The van der Waals surface area contributed by atoms with Gasteiger partial charge in [-0.15, -0.1) is 0 Å². The van der Waals surface area contributed by atoms with Crippen LogP contribution in [0.1, 0.15) is 29.7 Å². The Morgan fingerprint density at radius 1 is 1.09 bits per heavy atom. The van der Waals surface area contributed by atoms with Gasteiger partial charge in [-0.05, 0) is 48.7 Å². The van der Waals surface area contributed by atoms with Crippen molar-refractivity contribution >= 4 is 11.9 Å². The van der Waals surface area contributed by atoms with E-state index in [0.29, 0.717) is 18.7 Å². The Labute approximate surface area is 185 Å². The number of aromatic hydroxyl groups is 1. The van der Waals surface area contributed by atoms with Gasteiger partial charge in [0.25, 0.3) is 0 Å². The topological polar surface area (TPSA) is 155 Å². The molecular weight excluding hydrogens is 422 g/mol. The van der Waals surface area contributed by atoms with Gasteiger partial charge in [0.05, 0.1) is 12.7 Å². The van der Waals surface area contributed by atoms with Gasteiger partial charge < -0.3 is 40.0 Å². The molecule has 10 heteroatoms. The summed E-state index contributed by atoms with van der Waals surface area (Å²) < 4.78 is 15.8. The maximum absolute atomic E-state index is 10.4. The quantitative estimate of drug-likeness (QED) is 0.376. The number of carbonyl (C=O) groups is 2. The maximum atomic E-state index is 10.4. The lowest BCUT2D eigenvalue weighted by Crippen LogP contribution is -2.32. The van der Waals surface area contributed by atoms with Crippen LogP contribution < -0.4 is 14.8 Å². The van der Waals surface area contributed by atoms with Gasteiger partial charge in [-0.1, -0.05) is 12.1 Å². The van der Waals surface area contributed by atoms with Crippen molar-refractivity contribution in [1.29, 1.82) is 0 Å². The lowest BCUT2D eigenvalue weighted by atomic mass is 10.0. The van der Waals surface area contributed by atoms with Crippen LogP contribution >= 0.6 is 0 Å². The second-order valence-electron chi connectivity index (χ2n) is 7.15. The highest BCUT2D eigenvalue weighted by molar-refractivity contribution is 6.27. The van der Waals surface area contributed by atoms with E-state index in [1.807, 2.05) is 18.2 Å². The molecule has 1 aliphatic rings. The summed E-state index contributed by atoms with van der Waals surface area (Å²) in [5.74, 6) is -1.91. The number of methoxy groups -OCH3 is 1. The first-order valence-corrected chi connectivity index (χ1v) is 9.78. The number of carboxylic acids is 2. The highest BCUT2D eigenvalue weighted by Gasteiger charge is 2.15. The first kappa shape index (κ1) is 24.9. The molecule has 1 heterocycles. The summed E-state index contributed by atoms with van der Waals surface area (Å²) in [6.07, 6.45) is 0.152. The van der Waals surface area contributed by atoms with Crippen LogP contribution in [0.25, 0.3) is 0 Å². The molecule has 0 fully saturated rings. The molecule has 0 saturated carbocycles. The fourth-order valence-electron chi connectivity index (χ4n) is 3.01. The van der Waals surface area contributed by atoms with E-state index in [2.05, 4.69) is 12.2 Å². The molecule has 174 valence electrons. The zero-order chi connectivity index (χ0) is 23.7. The minimum Gasteiger partial charge on any atom is -0.508 e. The summed E-state index contributed by atoms with van der Waals surface area (Å²) in [6.45, 7) is 3.07. The van der Waals surface area contributed by atoms with Crippen LogP contribution in [0.15, 0.2) is 36.4 Å². The van der Waals surface area contributed by atoms with Crippen LogP contribution in [0, 0.1) is 0 Å². The summed E-state index contributed by atoms with van der Waals surface area (Å²) in [6, 6.07) is 11.2. The molecule has 2 unspecified atom stereocenters. The highest BCUT2D eigenvalue weighted by atomic mass is 16.7. The van der Waals surface area contributed by atoms with E-state index in [-0.39, 0.29) is 18.6 Å². The molecular formula is C22H27NO9. The van der Waals surface area contributed by atoms with Crippen LogP contribution in [0.5, 0.6) is 17.2 Å². The Morgan fingerprint density at radius 3 is 2.44 bits per heavy atom. The Bertz CT molecular complexity index is 920. The normalized spacial score (nSPS) is 13.6. The number of nitrogens with one attached hydrogen (secondary N) is 1. The smallest absolute Gasteiger partial charge is 0.414 e. The summed E-state index contributed by atoms with van der Waals surface area (Å²) in [5.41, 5.74) is 2.56. The second kappa shape index (κ2) is 11.9. The van der Waals surface area contributed by atoms with E-state index in [0.717, 1.165) is 29.0 Å². The van der Waals surface area contributed by atoms with Crippen molar-refractivity contribution in [1.82, 2.24) is 5.32 Å². The molecule has 32 heavy (non-hydrogen) atoms. The number of ether oxygens (including phenoxy) is 3. The number of aliphatic carboxylic acids is 2. The lowest BCUT2D eigenvalue weighted by Gasteiger charge is -2.18. The Hall–Kier alpha value is -3.34. The molecule has 0 radical (unpaired) electrons. The Balaban J connectivity index is 0.000000534. The third-order valence-electron chi connectivity index (χ3n) is 4.61. The maximum Gasteiger partial charge on any atom is 0.414 e. The minimum absolute atomic E-state index is 0.173. The fraction of sp³-hybridized carbons (Fsp3) is 0.364. The highest BCUT2D eigenvalue weighted by Crippen LogP contribution is 2.32. The molecule has 2 atom stereocenters. The van der Waals surface area contributed by atoms with Crippen molar-refractivity contribution < 1.29 is 44.2 Å². The van der Waals surface area contributed by atoms with Crippen molar-refractivity contribution in [3.8, 4) is 17.2 Å². The molecule has 0 aromatic heterocycles. The van der Waals surface area contributed by atoms with Crippen molar-refractivity contribution in [2.75, 3.05) is 20.4 Å². The number of carboxylic acid groups (broad SMARTS) is 2. The molecule has 0 saturated heterocycles. The monoisotopic (exact) mass is 449 g/mol. The Kier molecular flexibility index (Phi) is 9.26. The van der Waals surface area contributed by atoms with Crippen LogP contribution in [0.4, 0.5) is 0 Å². The Morgan fingerprint density at radius 2 is 1.78 bits per heavy atom. The van der Waals surface area contributed by atoms with Crippen molar-refractivity contribution in [2.24, 2.45) is 0 Å². The third kappa shape index (κ3) is 7.41. The van der Waals surface area contributed by atoms with Gasteiger partial charge in [-0.2, -0.15) is 0 Å².